The van der Waals surface area contributed by atoms with Crippen molar-refractivity contribution in [2.75, 3.05) is 31.2 Å². The lowest BCUT2D eigenvalue weighted by atomic mass is 10.1. The molecular weight excluding hydrogens is 388 g/mol. The van der Waals surface area contributed by atoms with Crippen LogP contribution in [0.2, 0.25) is 5.02 Å². The summed E-state index contributed by atoms with van der Waals surface area (Å²) in [6.07, 6.45) is 1.47. The molecule has 1 amide bonds. The van der Waals surface area contributed by atoms with Crippen LogP contribution in [0.5, 0.6) is 0 Å². The quantitative estimate of drug-likeness (QED) is 0.699. The second-order valence-electron chi connectivity index (χ2n) is 6.75. The molecule has 3 aromatic rings. The van der Waals surface area contributed by atoms with Crippen molar-refractivity contribution in [2.45, 2.75) is 6.54 Å². The molecule has 1 aromatic heterocycles. The molecule has 0 unspecified atom stereocenters. The molecule has 6 nitrogen and oxygen atoms in total. The number of hydrogen-bond donors (Lipinski definition) is 1. The minimum Gasteiger partial charge on any atom is -0.378 e. The Labute approximate surface area is 174 Å². The van der Waals surface area contributed by atoms with E-state index in [0.717, 1.165) is 43.1 Å². The number of hydrogen-bond acceptors (Lipinski definition) is 5. The molecule has 7 heteroatoms. The molecule has 29 heavy (non-hydrogen) atoms. The molecule has 2 aromatic carbocycles. The summed E-state index contributed by atoms with van der Waals surface area (Å²) in [5.74, 6) is -0.188. The maximum atomic E-state index is 12.7. The fourth-order valence-corrected chi connectivity index (χ4v) is 3.43. The number of ether oxygens (including phenoxy) is 1. The second-order valence-corrected chi connectivity index (χ2v) is 7.18. The smallest absolute Gasteiger partial charge is 0.253 e. The van der Waals surface area contributed by atoms with Gasteiger partial charge in [-0.1, -0.05) is 41.9 Å². The van der Waals surface area contributed by atoms with E-state index in [9.17, 15) is 4.79 Å². The first kappa shape index (κ1) is 19.4. The summed E-state index contributed by atoms with van der Waals surface area (Å²) >= 11 is 5.94. The molecule has 1 N–H and O–H groups in total. The molecule has 0 saturated carbocycles. The standard InChI is InChI=1S/C22H21ClN4O2/c23-19-7-5-16(6-8-19)20-13-18(15-25-26-20)22(28)24-14-17-3-1-2-4-21(17)27-9-11-29-12-10-27/h1-8,13,15H,9-12,14H2,(H,24,28). The van der Waals surface area contributed by atoms with Crippen LogP contribution in [0, 0.1) is 0 Å². The first-order valence-electron chi connectivity index (χ1n) is 9.48. The summed E-state index contributed by atoms with van der Waals surface area (Å²) in [4.78, 5) is 15.0. The summed E-state index contributed by atoms with van der Waals surface area (Å²) in [7, 11) is 0. The number of nitrogens with one attached hydrogen (secondary N) is 1. The van der Waals surface area contributed by atoms with Gasteiger partial charge in [0.05, 0.1) is 30.7 Å². The largest absolute Gasteiger partial charge is 0.378 e. The number of carbonyl (C=O) groups is 1. The average Bonchev–Trinajstić information content (AvgIpc) is 2.79. The molecule has 0 spiro atoms. The van der Waals surface area contributed by atoms with Gasteiger partial charge < -0.3 is 15.0 Å². The van der Waals surface area contributed by atoms with Crippen LogP contribution in [0.15, 0.2) is 60.8 Å². The summed E-state index contributed by atoms with van der Waals surface area (Å²) in [5, 5.41) is 11.8. The lowest BCUT2D eigenvalue weighted by Crippen LogP contribution is -2.37. The van der Waals surface area contributed by atoms with Gasteiger partial charge in [0.2, 0.25) is 0 Å². The molecule has 1 fully saturated rings. The zero-order chi connectivity index (χ0) is 20.1. The molecule has 0 bridgehead atoms. The molecule has 148 valence electrons. The number of amides is 1. The van der Waals surface area contributed by atoms with Crippen LogP contribution in [-0.2, 0) is 11.3 Å². The van der Waals surface area contributed by atoms with Gasteiger partial charge in [0.1, 0.15) is 0 Å². The topological polar surface area (TPSA) is 67.4 Å². The minimum absolute atomic E-state index is 0.188. The molecular formula is C22H21ClN4O2. The predicted octanol–water partition coefficient (Wildman–Crippen LogP) is 3.56. The molecule has 1 aliphatic heterocycles. The van der Waals surface area contributed by atoms with Crippen molar-refractivity contribution in [3.8, 4) is 11.3 Å². The Kier molecular flexibility index (Phi) is 6.03. The minimum atomic E-state index is -0.188. The summed E-state index contributed by atoms with van der Waals surface area (Å²) < 4.78 is 5.44. The third-order valence-corrected chi connectivity index (χ3v) is 5.09. The van der Waals surface area contributed by atoms with Gasteiger partial charge in [-0.25, -0.2) is 0 Å². The van der Waals surface area contributed by atoms with Gasteiger partial charge >= 0.3 is 0 Å². The summed E-state index contributed by atoms with van der Waals surface area (Å²) in [6.45, 7) is 3.58. The van der Waals surface area contributed by atoms with Crippen molar-refractivity contribution < 1.29 is 9.53 Å². The SMILES string of the molecule is O=C(NCc1ccccc1N1CCOCC1)c1cnnc(-c2ccc(Cl)cc2)c1. The number of nitrogens with zero attached hydrogens (tertiary/aromatic N) is 3. The van der Waals surface area contributed by atoms with Crippen LogP contribution >= 0.6 is 11.6 Å². The van der Waals surface area contributed by atoms with Gasteiger partial charge in [-0.15, -0.1) is 0 Å². The van der Waals surface area contributed by atoms with Crippen molar-refractivity contribution in [1.29, 1.82) is 0 Å². The molecule has 0 atom stereocenters. The Morgan fingerprint density at radius 1 is 1.10 bits per heavy atom. The van der Waals surface area contributed by atoms with E-state index in [2.05, 4.69) is 26.5 Å². The third kappa shape index (κ3) is 4.72. The molecule has 0 radical (unpaired) electrons. The monoisotopic (exact) mass is 408 g/mol. The van der Waals surface area contributed by atoms with Gasteiger partial charge in [-0.3, -0.25) is 4.79 Å². The zero-order valence-corrected chi connectivity index (χ0v) is 16.6. The highest BCUT2D eigenvalue weighted by atomic mass is 35.5. The fraction of sp³-hybridized carbons (Fsp3) is 0.227. The third-order valence-electron chi connectivity index (χ3n) is 4.84. The normalized spacial score (nSPS) is 13.9. The molecule has 4 rings (SSSR count). The number of anilines is 1. The van der Waals surface area contributed by atoms with E-state index in [1.165, 1.54) is 6.20 Å². The van der Waals surface area contributed by atoms with Crippen molar-refractivity contribution in [1.82, 2.24) is 15.5 Å². The Morgan fingerprint density at radius 2 is 1.86 bits per heavy atom. The lowest BCUT2D eigenvalue weighted by molar-refractivity contribution is 0.0950. The van der Waals surface area contributed by atoms with Crippen LogP contribution in [0.3, 0.4) is 0 Å². The Balaban J connectivity index is 1.47. The number of halogens is 1. The predicted molar refractivity (Wildman–Crippen MR) is 113 cm³/mol. The zero-order valence-electron chi connectivity index (χ0n) is 15.8. The van der Waals surface area contributed by atoms with Crippen molar-refractivity contribution >= 4 is 23.2 Å². The van der Waals surface area contributed by atoms with E-state index < -0.39 is 0 Å². The molecule has 2 heterocycles. The number of rotatable bonds is 5. The van der Waals surface area contributed by atoms with Crippen LogP contribution in [0.1, 0.15) is 15.9 Å². The van der Waals surface area contributed by atoms with Crippen LogP contribution in [0.4, 0.5) is 5.69 Å². The van der Waals surface area contributed by atoms with Gasteiger partial charge in [0.15, 0.2) is 0 Å². The maximum Gasteiger partial charge on any atom is 0.253 e. The first-order valence-corrected chi connectivity index (χ1v) is 9.86. The van der Waals surface area contributed by atoms with E-state index in [0.29, 0.717) is 22.8 Å². The van der Waals surface area contributed by atoms with Gasteiger partial charge in [0.25, 0.3) is 5.91 Å². The van der Waals surface area contributed by atoms with Crippen LogP contribution in [0.25, 0.3) is 11.3 Å². The van der Waals surface area contributed by atoms with Crippen molar-refractivity contribution in [2.24, 2.45) is 0 Å². The highest BCUT2D eigenvalue weighted by Gasteiger charge is 2.15. The Morgan fingerprint density at radius 3 is 2.66 bits per heavy atom. The van der Waals surface area contributed by atoms with E-state index >= 15 is 0 Å². The highest BCUT2D eigenvalue weighted by molar-refractivity contribution is 6.30. The van der Waals surface area contributed by atoms with E-state index in [-0.39, 0.29) is 5.91 Å². The molecule has 1 saturated heterocycles. The Bertz CT molecular complexity index is 988. The fourth-order valence-electron chi connectivity index (χ4n) is 3.30. The number of morpholine rings is 1. The number of carbonyl (C=O) groups excluding carboxylic acids is 1. The van der Waals surface area contributed by atoms with Crippen LogP contribution < -0.4 is 10.2 Å². The lowest BCUT2D eigenvalue weighted by Gasteiger charge is -2.30. The maximum absolute atomic E-state index is 12.7. The highest BCUT2D eigenvalue weighted by Crippen LogP contribution is 2.22. The number of benzene rings is 2. The first-order chi connectivity index (χ1) is 14.2. The van der Waals surface area contributed by atoms with Gasteiger partial charge in [-0.05, 0) is 29.8 Å². The summed E-state index contributed by atoms with van der Waals surface area (Å²) in [6, 6.07) is 17.1. The van der Waals surface area contributed by atoms with Crippen molar-refractivity contribution in [3.05, 3.63) is 76.9 Å². The molecule has 0 aliphatic carbocycles. The van der Waals surface area contributed by atoms with Crippen LogP contribution in [-0.4, -0.2) is 42.4 Å². The van der Waals surface area contributed by atoms with Crippen molar-refractivity contribution in [3.63, 3.8) is 0 Å². The number of para-hydroxylation sites is 1. The number of aromatic nitrogens is 2. The molecule has 1 aliphatic rings. The van der Waals surface area contributed by atoms with E-state index in [4.69, 9.17) is 16.3 Å². The summed E-state index contributed by atoms with van der Waals surface area (Å²) in [5.41, 5.74) is 4.15. The average molecular weight is 409 g/mol. The van der Waals surface area contributed by atoms with Gasteiger partial charge in [-0.2, -0.15) is 10.2 Å². The Hall–Kier alpha value is -2.96. The van der Waals surface area contributed by atoms with E-state index in [1.807, 2.05) is 30.3 Å². The van der Waals surface area contributed by atoms with Gasteiger partial charge in [0, 0.05) is 35.9 Å². The second kappa shape index (κ2) is 9.03. The van der Waals surface area contributed by atoms with E-state index in [1.54, 1.807) is 18.2 Å².